The SMILES string of the molecule is O.O=C([O-])C(=O)c1ccccc1.[Na+]. The number of hydrogen-bond acceptors (Lipinski definition) is 3. The predicted octanol–water partition coefficient (Wildman–Crippen LogP) is -4.20. The molecule has 1 rings (SSSR count). The maximum atomic E-state index is 10.7. The van der Waals surface area contributed by atoms with Gasteiger partial charge in [0.1, 0.15) is 5.97 Å². The van der Waals surface area contributed by atoms with Crippen LogP contribution in [0.15, 0.2) is 30.3 Å². The first-order valence-electron chi connectivity index (χ1n) is 3.02. The number of carbonyl (C=O) groups is 2. The van der Waals surface area contributed by atoms with Gasteiger partial charge in [0, 0.05) is 5.56 Å². The molecule has 5 heteroatoms. The zero-order chi connectivity index (χ0) is 8.27. The summed E-state index contributed by atoms with van der Waals surface area (Å²) in [4.78, 5) is 20.7. The minimum absolute atomic E-state index is 0. The second-order valence-electron chi connectivity index (χ2n) is 1.98. The molecule has 0 bridgehead atoms. The molecule has 0 saturated carbocycles. The fourth-order valence-corrected chi connectivity index (χ4v) is 0.707. The van der Waals surface area contributed by atoms with Crippen molar-refractivity contribution in [2.75, 3.05) is 0 Å². The molecule has 1 aromatic rings. The first kappa shape index (κ1) is 14.8. The van der Waals surface area contributed by atoms with E-state index in [1.165, 1.54) is 12.1 Å². The van der Waals surface area contributed by atoms with Crippen LogP contribution in [0.5, 0.6) is 0 Å². The third kappa shape index (κ3) is 4.19. The molecule has 2 N–H and O–H groups in total. The van der Waals surface area contributed by atoms with Crippen molar-refractivity contribution >= 4 is 11.8 Å². The van der Waals surface area contributed by atoms with Crippen LogP contribution < -0.4 is 34.7 Å². The average molecular weight is 190 g/mol. The van der Waals surface area contributed by atoms with Gasteiger partial charge >= 0.3 is 29.6 Å². The molecule has 0 heterocycles. The van der Waals surface area contributed by atoms with Crippen LogP contribution in [0.3, 0.4) is 0 Å². The summed E-state index contributed by atoms with van der Waals surface area (Å²) >= 11 is 0. The number of Topliss-reactive ketones (excluding diaryl/α,β-unsaturated/α-hetero) is 1. The summed E-state index contributed by atoms with van der Waals surface area (Å²) < 4.78 is 0. The van der Waals surface area contributed by atoms with Gasteiger partial charge in [0.2, 0.25) is 5.78 Å². The number of rotatable bonds is 2. The number of benzene rings is 1. The fourth-order valence-electron chi connectivity index (χ4n) is 0.707. The van der Waals surface area contributed by atoms with Crippen LogP contribution in [-0.4, -0.2) is 17.2 Å². The van der Waals surface area contributed by atoms with E-state index in [0.29, 0.717) is 0 Å². The molecule has 0 unspecified atom stereocenters. The van der Waals surface area contributed by atoms with Gasteiger partial charge in [-0.15, -0.1) is 0 Å². The topological polar surface area (TPSA) is 88.7 Å². The van der Waals surface area contributed by atoms with Crippen molar-refractivity contribution in [2.24, 2.45) is 0 Å². The molecule has 0 spiro atoms. The van der Waals surface area contributed by atoms with Crippen molar-refractivity contribution in [1.82, 2.24) is 0 Å². The molecule has 0 fully saturated rings. The van der Waals surface area contributed by atoms with Gasteiger partial charge < -0.3 is 15.4 Å². The van der Waals surface area contributed by atoms with Crippen molar-refractivity contribution < 1.29 is 49.7 Å². The molecule has 0 radical (unpaired) electrons. The molecule has 0 saturated heterocycles. The molecule has 0 aliphatic carbocycles. The van der Waals surface area contributed by atoms with Crippen LogP contribution in [0.25, 0.3) is 0 Å². The smallest absolute Gasteiger partial charge is 0.541 e. The molecule has 0 atom stereocenters. The maximum Gasteiger partial charge on any atom is 1.00 e. The zero-order valence-electron chi connectivity index (χ0n) is 7.11. The Bertz CT molecular complexity index is 283. The first-order chi connectivity index (χ1) is 5.22. The molecule has 0 amide bonds. The minimum Gasteiger partial charge on any atom is -0.541 e. The summed E-state index contributed by atoms with van der Waals surface area (Å²) in [6, 6.07) is 7.74. The number of hydrogen-bond donors (Lipinski definition) is 0. The number of ketones is 1. The van der Waals surface area contributed by atoms with Crippen LogP contribution in [0.1, 0.15) is 10.4 Å². The minimum atomic E-state index is -1.67. The van der Waals surface area contributed by atoms with E-state index in [4.69, 9.17) is 0 Å². The Kier molecular flexibility index (Phi) is 7.75. The molecule has 13 heavy (non-hydrogen) atoms. The van der Waals surface area contributed by atoms with Crippen LogP contribution in [0.4, 0.5) is 0 Å². The predicted molar refractivity (Wildman–Crippen MR) is 39.4 cm³/mol. The maximum absolute atomic E-state index is 10.7. The van der Waals surface area contributed by atoms with E-state index < -0.39 is 11.8 Å². The van der Waals surface area contributed by atoms with Crippen molar-refractivity contribution in [3.8, 4) is 0 Å². The quantitative estimate of drug-likeness (QED) is 0.269. The third-order valence-corrected chi connectivity index (χ3v) is 1.22. The Labute approximate surface area is 97.2 Å². The molecular weight excluding hydrogens is 183 g/mol. The Balaban J connectivity index is 0. The molecule has 4 nitrogen and oxygen atoms in total. The van der Waals surface area contributed by atoms with Gasteiger partial charge in [-0.05, 0) is 0 Å². The van der Waals surface area contributed by atoms with Crippen molar-refractivity contribution in [3.63, 3.8) is 0 Å². The number of aliphatic carboxylic acids is 1. The van der Waals surface area contributed by atoms with Gasteiger partial charge in [-0.1, -0.05) is 30.3 Å². The number of carboxylic acid groups (broad SMARTS) is 1. The zero-order valence-corrected chi connectivity index (χ0v) is 9.11. The summed E-state index contributed by atoms with van der Waals surface area (Å²) in [5, 5.41) is 10.0. The van der Waals surface area contributed by atoms with Gasteiger partial charge in [0.25, 0.3) is 0 Å². The second kappa shape index (κ2) is 6.80. The van der Waals surface area contributed by atoms with Crippen LogP contribution in [0, 0.1) is 0 Å². The van der Waals surface area contributed by atoms with Crippen molar-refractivity contribution in [2.45, 2.75) is 0 Å². The van der Waals surface area contributed by atoms with Gasteiger partial charge in [0.15, 0.2) is 0 Å². The normalized spacial score (nSPS) is 7.69. The Hall–Kier alpha value is -0.680. The van der Waals surface area contributed by atoms with Gasteiger partial charge in [-0.25, -0.2) is 0 Å². The molecule has 0 aliphatic heterocycles. The average Bonchev–Trinajstić information content (AvgIpc) is 2.05. The monoisotopic (exact) mass is 190 g/mol. The van der Waals surface area contributed by atoms with E-state index in [1.54, 1.807) is 18.2 Å². The molecule has 64 valence electrons. The number of carbonyl (C=O) groups excluding carboxylic acids is 2. The van der Waals surface area contributed by atoms with E-state index in [2.05, 4.69) is 0 Å². The summed E-state index contributed by atoms with van der Waals surface area (Å²) in [6.07, 6.45) is 0. The third-order valence-electron chi connectivity index (χ3n) is 1.22. The van der Waals surface area contributed by atoms with Crippen LogP contribution in [-0.2, 0) is 4.79 Å². The molecule has 0 aliphatic rings. The summed E-state index contributed by atoms with van der Waals surface area (Å²) in [7, 11) is 0. The summed E-state index contributed by atoms with van der Waals surface area (Å²) in [5.74, 6) is -2.65. The summed E-state index contributed by atoms with van der Waals surface area (Å²) in [6.45, 7) is 0. The van der Waals surface area contributed by atoms with Crippen LogP contribution in [0.2, 0.25) is 0 Å². The second-order valence-corrected chi connectivity index (χ2v) is 1.98. The van der Waals surface area contributed by atoms with E-state index in [-0.39, 0.29) is 40.6 Å². The van der Waals surface area contributed by atoms with Gasteiger partial charge in [-0.2, -0.15) is 0 Å². The Morgan fingerprint density at radius 3 is 1.92 bits per heavy atom. The van der Waals surface area contributed by atoms with Gasteiger partial charge in [0.05, 0.1) is 0 Å². The first-order valence-corrected chi connectivity index (χ1v) is 3.02. The van der Waals surface area contributed by atoms with E-state index in [0.717, 1.165) is 0 Å². The number of carboxylic acids is 1. The Morgan fingerprint density at radius 2 is 1.54 bits per heavy atom. The largest absolute Gasteiger partial charge is 1.00 e. The van der Waals surface area contributed by atoms with E-state index >= 15 is 0 Å². The van der Waals surface area contributed by atoms with Crippen LogP contribution >= 0.6 is 0 Å². The Morgan fingerprint density at radius 1 is 1.08 bits per heavy atom. The van der Waals surface area contributed by atoms with E-state index in [1.807, 2.05) is 0 Å². The molecular formula is C8H7NaO4. The van der Waals surface area contributed by atoms with E-state index in [9.17, 15) is 14.7 Å². The fraction of sp³-hybridized carbons (Fsp3) is 0. The van der Waals surface area contributed by atoms with Gasteiger partial charge in [-0.3, -0.25) is 4.79 Å². The standard InChI is InChI=1S/C8H6O3.Na.H2O/c9-7(8(10)11)6-4-2-1-3-5-6;;/h1-5H,(H,10,11);;1H2/q;+1;/p-1. The molecule has 0 aromatic heterocycles. The van der Waals surface area contributed by atoms with Crippen molar-refractivity contribution in [3.05, 3.63) is 35.9 Å². The molecule has 1 aromatic carbocycles. The summed E-state index contributed by atoms with van der Waals surface area (Å²) in [5.41, 5.74) is 0.146. The van der Waals surface area contributed by atoms with Crippen molar-refractivity contribution in [1.29, 1.82) is 0 Å².